The number of rotatable bonds is 6. The lowest BCUT2D eigenvalue weighted by Crippen LogP contribution is -2.47. The second-order valence-corrected chi connectivity index (χ2v) is 5.59. The summed E-state index contributed by atoms with van der Waals surface area (Å²) in [5, 5.41) is 6.39. The Morgan fingerprint density at radius 1 is 1.23 bits per heavy atom. The molecule has 5 nitrogen and oxygen atoms in total. The molecule has 22 heavy (non-hydrogen) atoms. The van der Waals surface area contributed by atoms with Crippen LogP contribution in [-0.4, -0.2) is 46.4 Å². The van der Waals surface area contributed by atoms with Gasteiger partial charge in [0.15, 0.2) is 0 Å². The molecule has 1 aromatic rings. The number of hydrogen-bond donors (Lipinski definition) is 2. The highest BCUT2D eigenvalue weighted by Crippen LogP contribution is 2.28. The van der Waals surface area contributed by atoms with Gasteiger partial charge in [-0.2, -0.15) is 0 Å². The van der Waals surface area contributed by atoms with Crippen LogP contribution in [0.3, 0.4) is 0 Å². The SMILES string of the molecule is COCC1(CNC(=O)c2ccc(OC)cc2)CCNCC1.Cl. The number of ether oxygens (including phenoxy) is 2. The van der Waals surface area contributed by atoms with E-state index in [2.05, 4.69) is 10.6 Å². The van der Waals surface area contributed by atoms with Crippen LogP contribution in [0.15, 0.2) is 24.3 Å². The lowest BCUT2D eigenvalue weighted by molar-refractivity contribution is 0.0512. The minimum atomic E-state index is -0.0494. The number of methoxy groups -OCH3 is 2. The number of nitrogens with one attached hydrogen (secondary N) is 2. The molecule has 0 radical (unpaired) electrons. The molecule has 2 rings (SSSR count). The molecule has 1 aliphatic heterocycles. The molecular weight excluding hydrogens is 304 g/mol. The second-order valence-electron chi connectivity index (χ2n) is 5.59. The lowest BCUT2D eigenvalue weighted by Gasteiger charge is -2.37. The Morgan fingerprint density at radius 3 is 2.41 bits per heavy atom. The quantitative estimate of drug-likeness (QED) is 0.837. The molecule has 2 N–H and O–H groups in total. The van der Waals surface area contributed by atoms with Crippen LogP contribution in [0.5, 0.6) is 5.75 Å². The molecule has 1 heterocycles. The maximum absolute atomic E-state index is 12.2. The van der Waals surface area contributed by atoms with Crippen LogP contribution < -0.4 is 15.4 Å². The van der Waals surface area contributed by atoms with Crippen LogP contribution in [0.2, 0.25) is 0 Å². The van der Waals surface area contributed by atoms with Crippen molar-refractivity contribution in [2.45, 2.75) is 12.8 Å². The Bertz CT molecular complexity index is 453. The number of halogens is 1. The van der Waals surface area contributed by atoms with E-state index in [0.717, 1.165) is 31.7 Å². The molecule has 0 bridgehead atoms. The average molecular weight is 329 g/mol. The van der Waals surface area contributed by atoms with Gasteiger partial charge >= 0.3 is 0 Å². The van der Waals surface area contributed by atoms with Crippen molar-refractivity contribution in [2.24, 2.45) is 5.41 Å². The molecule has 0 atom stereocenters. The van der Waals surface area contributed by atoms with E-state index >= 15 is 0 Å². The number of piperidine rings is 1. The van der Waals surface area contributed by atoms with Gasteiger partial charge in [0.1, 0.15) is 5.75 Å². The zero-order valence-electron chi connectivity index (χ0n) is 13.2. The Hall–Kier alpha value is -1.30. The number of carbonyl (C=O) groups is 1. The highest BCUT2D eigenvalue weighted by molar-refractivity contribution is 5.94. The summed E-state index contributed by atoms with van der Waals surface area (Å²) < 4.78 is 10.5. The molecular formula is C16H25ClN2O3. The smallest absolute Gasteiger partial charge is 0.251 e. The molecule has 124 valence electrons. The summed E-state index contributed by atoms with van der Waals surface area (Å²) in [6.45, 7) is 3.27. The van der Waals surface area contributed by atoms with E-state index in [-0.39, 0.29) is 23.7 Å². The Morgan fingerprint density at radius 2 is 1.86 bits per heavy atom. The summed E-state index contributed by atoms with van der Waals surface area (Å²) in [5.41, 5.74) is 0.694. The topological polar surface area (TPSA) is 59.6 Å². The Kier molecular flexibility index (Phi) is 7.65. The Labute approximate surface area is 138 Å². The summed E-state index contributed by atoms with van der Waals surface area (Å²) in [7, 11) is 3.33. The zero-order valence-corrected chi connectivity index (χ0v) is 14.0. The molecule has 1 fully saturated rings. The third kappa shape index (κ3) is 4.87. The molecule has 1 amide bonds. The van der Waals surface area contributed by atoms with E-state index in [1.54, 1.807) is 38.5 Å². The van der Waals surface area contributed by atoms with Gasteiger partial charge in [0, 0.05) is 24.6 Å². The third-order valence-electron chi connectivity index (χ3n) is 4.09. The largest absolute Gasteiger partial charge is 0.497 e. The van der Waals surface area contributed by atoms with Crippen LogP contribution in [0.1, 0.15) is 23.2 Å². The number of hydrogen-bond acceptors (Lipinski definition) is 4. The fourth-order valence-electron chi connectivity index (χ4n) is 2.75. The van der Waals surface area contributed by atoms with Crippen molar-refractivity contribution in [1.82, 2.24) is 10.6 Å². The van der Waals surface area contributed by atoms with Gasteiger partial charge in [0.05, 0.1) is 13.7 Å². The highest BCUT2D eigenvalue weighted by atomic mass is 35.5. The van der Waals surface area contributed by atoms with Gasteiger partial charge in [0.25, 0.3) is 5.91 Å². The molecule has 0 unspecified atom stereocenters. The van der Waals surface area contributed by atoms with Gasteiger partial charge in [-0.3, -0.25) is 4.79 Å². The van der Waals surface area contributed by atoms with Crippen molar-refractivity contribution in [3.63, 3.8) is 0 Å². The fraction of sp³-hybridized carbons (Fsp3) is 0.562. The molecule has 0 aromatic heterocycles. The van der Waals surface area contributed by atoms with Crippen LogP contribution in [0.25, 0.3) is 0 Å². The predicted octanol–water partition coefficient (Wildman–Crippen LogP) is 1.86. The average Bonchev–Trinajstić information content (AvgIpc) is 2.54. The van der Waals surface area contributed by atoms with Gasteiger partial charge in [-0.15, -0.1) is 12.4 Å². The molecule has 6 heteroatoms. The summed E-state index contributed by atoms with van der Waals surface area (Å²) in [5.74, 6) is 0.701. The zero-order chi connectivity index (χ0) is 15.1. The van der Waals surface area contributed by atoms with Crippen LogP contribution in [0, 0.1) is 5.41 Å². The van der Waals surface area contributed by atoms with Crippen molar-refractivity contribution in [2.75, 3.05) is 40.5 Å². The number of amides is 1. The minimum Gasteiger partial charge on any atom is -0.497 e. The summed E-state index contributed by atoms with van der Waals surface area (Å²) in [6, 6.07) is 7.15. The molecule has 1 aromatic carbocycles. The predicted molar refractivity (Wildman–Crippen MR) is 89.0 cm³/mol. The third-order valence-corrected chi connectivity index (χ3v) is 4.09. The van der Waals surface area contributed by atoms with Crippen molar-refractivity contribution in [3.05, 3.63) is 29.8 Å². The van der Waals surface area contributed by atoms with Crippen LogP contribution >= 0.6 is 12.4 Å². The van der Waals surface area contributed by atoms with E-state index in [9.17, 15) is 4.79 Å². The van der Waals surface area contributed by atoms with E-state index in [0.29, 0.717) is 18.7 Å². The van der Waals surface area contributed by atoms with Gasteiger partial charge in [-0.1, -0.05) is 0 Å². The van der Waals surface area contributed by atoms with Gasteiger partial charge in [0.2, 0.25) is 0 Å². The van der Waals surface area contributed by atoms with Gasteiger partial charge in [-0.05, 0) is 50.2 Å². The maximum Gasteiger partial charge on any atom is 0.251 e. The standard InChI is InChI=1S/C16H24N2O3.ClH/c1-20-12-16(7-9-17-10-8-16)11-18-15(19)13-3-5-14(21-2)6-4-13;/h3-6,17H,7-12H2,1-2H3,(H,18,19);1H. The van der Waals surface area contributed by atoms with Crippen LogP contribution in [-0.2, 0) is 4.74 Å². The summed E-state index contributed by atoms with van der Waals surface area (Å²) in [4.78, 5) is 12.2. The van der Waals surface area contributed by atoms with Gasteiger partial charge in [-0.25, -0.2) is 0 Å². The van der Waals surface area contributed by atoms with Crippen molar-refractivity contribution < 1.29 is 14.3 Å². The van der Waals surface area contributed by atoms with Crippen molar-refractivity contribution in [3.8, 4) is 5.75 Å². The van der Waals surface area contributed by atoms with Crippen LogP contribution in [0.4, 0.5) is 0 Å². The van der Waals surface area contributed by atoms with E-state index in [4.69, 9.17) is 9.47 Å². The Balaban J connectivity index is 0.00000242. The number of benzene rings is 1. The van der Waals surface area contributed by atoms with E-state index in [1.165, 1.54) is 0 Å². The van der Waals surface area contributed by atoms with E-state index in [1.807, 2.05) is 0 Å². The first-order valence-corrected chi connectivity index (χ1v) is 7.31. The van der Waals surface area contributed by atoms with Crippen molar-refractivity contribution in [1.29, 1.82) is 0 Å². The van der Waals surface area contributed by atoms with E-state index < -0.39 is 0 Å². The lowest BCUT2D eigenvalue weighted by atomic mass is 9.79. The molecule has 1 aliphatic rings. The molecule has 0 spiro atoms. The van der Waals surface area contributed by atoms with Crippen molar-refractivity contribution >= 4 is 18.3 Å². The number of carbonyl (C=O) groups excluding carboxylic acids is 1. The second kappa shape index (κ2) is 8.98. The summed E-state index contributed by atoms with van der Waals surface area (Å²) >= 11 is 0. The summed E-state index contributed by atoms with van der Waals surface area (Å²) in [6.07, 6.45) is 2.04. The molecule has 1 saturated heterocycles. The first-order chi connectivity index (χ1) is 10.2. The molecule has 0 saturated carbocycles. The van der Waals surface area contributed by atoms with Gasteiger partial charge < -0.3 is 20.1 Å². The monoisotopic (exact) mass is 328 g/mol. The first-order valence-electron chi connectivity index (χ1n) is 7.31. The maximum atomic E-state index is 12.2. The minimum absolute atomic E-state index is 0. The normalized spacial score (nSPS) is 16.5. The highest BCUT2D eigenvalue weighted by Gasteiger charge is 2.32. The first kappa shape index (κ1) is 18.7. The molecule has 0 aliphatic carbocycles. The fourth-order valence-corrected chi connectivity index (χ4v) is 2.75.